The van der Waals surface area contributed by atoms with Crippen LogP contribution in [0.15, 0.2) is 11.3 Å². The summed E-state index contributed by atoms with van der Waals surface area (Å²) in [4.78, 5) is 31.3. The van der Waals surface area contributed by atoms with Gasteiger partial charge in [-0.05, 0) is 120 Å². The molecule has 63 heavy (non-hydrogen) atoms. The first-order valence-electron chi connectivity index (χ1n) is 28.0. The molecule has 1 saturated heterocycles. The van der Waals surface area contributed by atoms with Crippen molar-refractivity contribution in [2.75, 3.05) is 52.5 Å². The highest BCUT2D eigenvalue weighted by Crippen LogP contribution is 2.42. The van der Waals surface area contributed by atoms with Crippen molar-refractivity contribution in [3.63, 3.8) is 0 Å². The summed E-state index contributed by atoms with van der Waals surface area (Å²) in [6.45, 7) is 19.9. The molecule has 7 heteroatoms. The van der Waals surface area contributed by atoms with E-state index in [1.807, 2.05) is 4.90 Å². The van der Waals surface area contributed by atoms with Gasteiger partial charge < -0.3 is 24.0 Å². The van der Waals surface area contributed by atoms with E-state index in [4.69, 9.17) is 14.2 Å². The lowest BCUT2D eigenvalue weighted by atomic mass is 9.72. The smallest absolute Gasteiger partial charge is 0.409 e. The molecule has 0 aromatic rings. The van der Waals surface area contributed by atoms with E-state index in [2.05, 4.69) is 46.4 Å². The number of ether oxygens (including phenoxy) is 3. The SMILES string of the molecule is CCCCCCCCC(CCCCCC)C(=O)OCCCCC1(CCCCOC(=C2CC2)C(CCCCCC)CCCCCCCC)CCCN(C(=O)OCCCN(CC)CC)C1. The maximum Gasteiger partial charge on any atom is 0.409 e. The third kappa shape index (κ3) is 27.5. The second kappa shape index (κ2) is 38.4. The van der Waals surface area contributed by atoms with E-state index in [0.717, 1.165) is 123 Å². The molecule has 1 saturated carbocycles. The zero-order valence-electron chi connectivity index (χ0n) is 43.0. The zero-order valence-corrected chi connectivity index (χ0v) is 43.0. The summed E-state index contributed by atoms with van der Waals surface area (Å²) in [5.74, 6) is 2.07. The molecule has 1 aliphatic carbocycles. The molecular weight excluding hydrogens is 781 g/mol. The molecule has 3 unspecified atom stereocenters. The first-order valence-corrected chi connectivity index (χ1v) is 28.0. The number of esters is 1. The van der Waals surface area contributed by atoms with Gasteiger partial charge in [-0.3, -0.25) is 4.79 Å². The van der Waals surface area contributed by atoms with E-state index in [9.17, 15) is 9.59 Å². The Bertz CT molecular complexity index is 1130. The molecule has 0 aromatic heterocycles. The fraction of sp³-hybridized carbons (Fsp3) is 0.929. The molecule has 370 valence electrons. The number of carbonyl (C=O) groups is 2. The highest BCUT2D eigenvalue weighted by Gasteiger charge is 2.37. The number of unbranched alkanes of at least 4 members (excludes halogenated alkanes) is 18. The Morgan fingerprint density at radius 3 is 1.51 bits per heavy atom. The van der Waals surface area contributed by atoms with Crippen molar-refractivity contribution in [2.24, 2.45) is 17.3 Å². The molecule has 1 aliphatic heterocycles. The predicted molar refractivity (Wildman–Crippen MR) is 268 cm³/mol. The molecule has 2 rings (SSSR count). The second-order valence-electron chi connectivity index (χ2n) is 20.1. The molecular formula is C56H106N2O5. The normalized spacial score (nSPS) is 17.3. The largest absolute Gasteiger partial charge is 0.498 e. The summed E-state index contributed by atoms with van der Waals surface area (Å²) >= 11 is 0. The fourth-order valence-electron chi connectivity index (χ4n) is 10.2. The number of amides is 1. The van der Waals surface area contributed by atoms with Gasteiger partial charge in [0, 0.05) is 25.6 Å². The van der Waals surface area contributed by atoms with Crippen molar-refractivity contribution in [3.8, 4) is 0 Å². The van der Waals surface area contributed by atoms with Crippen LogP contribution in [0.4, 0.5) is 4.79 Å². The van der Waals surface area contributed by atoms with Gasteiger partial charge in [-0.2, -0.15) is 0 Å². The number of hydrogen-bond donors (Lipinski definition) is 0. The third-order valence-corrected chi connectivity index (χ3v) is 14.5. The molecule has 2 fully saturated rings. The Balaban J connectivity index is 2.00. The summed E-state index contributed by atoms with van der Waals surface area (Å²) < 4.78 is 18.8. The van der Waals surface area contributed by atoms with Crippen molar-refractivity contribution < 1.29 is 23.8 Å². The second-order valence-corrected chi connectivity index (χ2v) is 20.1. The van der Waals surface area contributed by atoms with E-state index >= 15 is 0 Å². The van der Waals surface area contributed by atoms with Crippen molar-refractivity contribution in [1.29, 1.82) is 0 Å². The van der Waals surface area contributed by atoms with Crippen LogP contribution < -0.4 is 0 Å². The summed E-state index contributed by atoms with van der Waals surface area (Å²) in [5, 5.41) is 0. The van der Waals surface area contributed by atoms with Gasteiger partial charge in [-0.25, -0.2) is 4.79 Å². The number of carbonyl (C=O) groups excluding carboxylic acids is 2. The van der Waals surface area contributed by atoms with Crippen molar-refractivity contribution in [1.82, 2.24) is 9.80 Å². The minimum atomic E-state index is -0.137. The Morgan fingerprint density at radius 1 is 0.540 bits per heavy atom. The minimum absolute atomic E-state index is 0.0399. The van der Waals surface area contributed by atoms with E-state index < -0.39 is 0 Å². The lowest BCUT2D eigenvalue weighted by Crippen LogP contribution is -2.46. The highest BCUT2D eigenvalue weighted by atomic mass is 16.6. The zero-order chi connectivity index (χ0) is 45.6. The molecule has 7 nitrogen and oxygen atoms in total. The van der Waals surface area contributed by atoms with Gasteiger partial charge in [0.1, 0.15) is 0 Å². The molecule has 1 heterocycles. The van der Waals surface area contributed by atoms with E-state index in [0.29, 0.717) is 19.1 Å². The molecule has 0 N–H and O–H groups in total. The van der Waals surface area contributed by atoms with Crippen LogP contribution in [0.3, 0.4) is 0 Å². The van der Waals surface area contributed by atoms with Crippen LogP contribution >= 0.6 is 0 Å². The Morgan fingerprint density at radius 2 is 1.00 bits per heavy atom. The first-order chi connectivity index (χ1) is 30.9. The predicted octanol–water partition coefficient (Wildman–Crippen LogP) is 16.6. The van der Waals surface area contributed by atoms with Gasteiger partial charge in [0.2, 0.25) is 0 Å². The molecule has 3 atom stereocenters. The Hall–Kier alpha value is -1.76. The fourth-order valence-corrected chi connectivity index (χ4v) is 10.2. The van der Waals surface area contributed by atoms with Crippen LogP contribution in [0.2, 0.25) is 0 Å². The standard InChI is InChI=1S/C56H106N2O5/c1-7-13-17-21-23-27-36-50(35-25-19-15-9-3)53(51-39-40-51)61-46-31-29-41-56(43-33-45-58(49-56)55(60)63-48-34-44-57(11-5)12-6)42-30-32-47-62-54(59)52(37-26-20-16-10-4)38-28-24-22-18-14-8-2/h50,52H,7-49H2,1-6H3. The van der Waals surface area contributed by atoms with Crippen molar-refractivity contribution in [2.45, 2.75) is 266 Å². The molecule has 0 radical (unpaired) electrons. The van der Waals surface area contributed by atoms with Gasteiger partial charge in [0.05, 0.1) is 31.5 Å². The lowest BCUT2D eigenvalue weighted by Gasteiger charge is -2.43. The maximum atomic E-state index is 13.5. The number of hydrogen-bond acceptors (Lipinski definition) is 6. The average molecular weight is 887 g/mol. The van der Waals surface area contributed by atoms with Gasteiger partial charge in [0.25, 0.3) is 0 Å². The summed E-state index contributed by atoms with van der Waals surface area (Å²) in [7, 11) is 0. The van der Waals surface area contributed by atoms with Crippen LogP contribution in [0, 0.1) is 17.3 Å². The third-order valence-electron chi connectivity index (χ3n) is 14.5. The number of nitrogens with zero attached hydrogens (tertiary/aromatic N) is 2. The molecule has 2 aliphatic rings. The number of piperidine rings is 1. The van der Waals surface area contributed by atoms with Crippen molar-refractivity contribution in [3.05, 3.63) is 11.3 Å². The highest BCUT2D eigenvalue weighted by molar-refractivity contribution is 5.72. The van der Waals surface area contributed by atoms with Gasteiger partial charge in [0.15, 0.2) is 0 Å². The van der Waals surface area contributed by atoms with Crippen LogP contribution in [-0.4, -0.2) is 74.4 Å². The van der Waals surface area contributed by atoms with E-state index in [1.54, 1.807) is 5.57 Å². The summed E-state index contributed by atoms with van der Waals surface area (Å²) in [6.07, 6.45) is 41.9. The van der Waals surface area contributed by atoms with Crippen LogP contribution in [-0.2, 0) is 19.0 Å². The average Bonchev–Trinajstić information content (AvgIpc) is 4.14. The van der Waals surface area contributed by atoms with Gasteiger partial charge in [-0.15, -0.1) is 0 Å². The minimum Gasteiger partial charge on any atom is -0.498 e. The number of likely N-dealkylation sites (tertiary alicyclic amines) is 1. The van der Waals surface area contributed by atoms with Gasteiger partial charge in [-0.1, -0.05) is 170 Å². The number of rotatable bonds is 43. The summed E-state index contributed by atoms with van der Waals surface area (Å²) in [5.41, 5.74) is 1.67. The summed E-state index contributed by atoms with van der Waals surface area (Å²) in [6, 6.07) is 0. The monoisotopic (exact) mass is 887 g/mol. The Kier molecular flexibility index (Phi) is 34.9. The van der Waals surface area contributed by atoms with Crippen LogP contribution in [0.5, 0.6) is 0 Å². The van der Waals surface area contributed by atoms with Crippen molar-refractivity contribution >= 4 is 12.1 Å². The quantitative estimate of drug-likeness (QED) is 0.0345. The molecule has 0 aromatic carbocycles. The molecule has 1 amide bonds. The maximum absolute atomic E-state index is 13.5. The lowest BCUT2D eigenvalue weighted by molar-refractivity contribution is -0.149. The number of allylic oxidation sites excluding steroid dienone is 2. The van der Waals surface area contributed by atoms with E-state index in [1.165, 1.54) is 147 Å². The van der Waals surface area contributed by atoms with Crippen LogP contribution in [0.1, 0.15) is 266 Å². The van der Waals surface area contributed by atoms with E-state index in [-0.39, 0.29) is 23.4 Å². The first kappa shape index (κ1) is 57.4. The Labute approximate surface area is 391 Å². The van der Waals surface area contributed by atoms with Crippen LogP contribution in [0.25, 0.3) is 0 Å². The van der Waals surface area contributed by atoms with Gasteiger partial charge >= 0.3 is 12.1 Å². The molecule has 0 bridgehead atoms. The topological polar surface area (TPSA) is 68.3 Å². The molecule has 0 spiro atoms.